The second-order valence-electron chi connectivity index (χ2n) is 10.0. The van der Waals surface area contributed by atoms with Crippen molar-refractivity contribution >= 4 is 11.4 Å². The molecule has 1 saturated carbocycles. The van der Waals surface area contributed by atoms with Gasteiger partial charge in [0, 0.05) is 11.8 Å². The monoisotopic (exact) mass is 486 g/mol. The normalized spacial score (nSPS) is 22.4. The SMILES string of the molecule is O=C1[C@H]2COC[C@]1(C=C(c1ccccc1)c1ccccc1)[C@H](c1cccc(OCc3ccccc3)c1)C2. The molecule has 4 aromatic rings. The third-order valence-corrected chi connectivity index (χ3v) is 7.71. The smallest absolute Gasteiger partial charge is 0.151 e. The predicted octanol–water partition coefficient (Wildman–Crippen LogP) is 7.09. The summed E-state index contributed by atoms with van der Waals surface area (Å²) in [6.07, 6.45) is 3.00. The molecule has 0 aromatic heterocycles. The van der Waals surface area contributed by atoms with Crippen molar-refractivity contribution in [1.29, 1.82) is 0 Å². The lowest BCUT2D eigenvalue weighted by atomic mass is 9.71. The van der Waals surface area contributed by atoms with Gasteiger partial charge in [0.25, 0.3) is 0 Å². The highest BCUT2D eigenvalue weighted by molar-refractivity contribution is 5.96. The maximum Gasteiger partial charge on any atom is 0.151 e. The lowest BCUT2D eigenvalue weighted by Crippen LogP contribution is -2.41. The molecule has 2 fully saturated rings. The third kappa shape index (κ3) is 4.63. The van der Waals surface area contributed by atoms with Gasteiger partial charge in [0.15, 0.2) is 5.78 Å². The van der Waals surface area contributed by atoms with E-state index < -0.39 is 5.41 Å². The summed E-state index contributed by atoms with van der Waals surface area (Å²) in [5.41, 5.74) is 4.81. The minimum absolute atomic E-state index is 0.0233. The van der Waals surface area contributed by atoms with Crippen LogP contribution < -0.4 is 4.74 Å². The fourth-order valence-corrected chi connectivity index (χ4v) is 5.87. The van der Waals surface area contributed by atoms with Gasteiger partial charge in [0.05, 0.1) is 18.6 Å². The standard InChI is InChI=1S/C34H30O3/c35-33-29-20-32(28-17-10-18-30(19-28)37-22-25-11-4-1-5-12-25)34(33,24-36-23-29)21-31(26-13-6-2-7-14-26)27-15-8-3-9-16-27/h1-19,21,29,32H,20,22-24H2/t29-,32+,34-/m1/s1. The van der Waals surface area contributed by atoms with E-state index in [1.165, 1.54) is 0 Å². The van der Waals surface area contributed by atoms with Gasteiger partial charge in [0.2, 0.25) is 0 Å². The zero-order valence-corrected chi connectivity index (χ0v) is 20.8. The largest absolute Gasteiger partial charge is 0.489 e. The van der Waals surface area contributed by atoms with Crippen molar-refractivity contribution in [2.45, 2.75) is 18.9 Å². The highest BCUT2D eigenvalue weighted by Crippen LogP contribution is 2.55. The summed E-state index contributed by atoms with van der Waals surface area (Å²) in [5.74, 6) is 1.05. The molecule has 2 aliphatic rings. The van der Waals surface area contributed by atoms with Crippen molar-refractivity contribution in [2.75, 3.05) is 13.2 Å². The molecule has 0 spiro atoms. The van der Waals surface area contributed by atoms with Crippen LogP contribution in [0, 0.1) is 11.3 Å². The number of benzene rings is 4. The predicted molar refractivity (Wildman–Crippen MR) is 146 cm³/mol. The van der Waals surface area contributed by atoms with Crippen LogP contribution in [0.2, 0.25) is 0 Å². The minimum Gasteiger partial charge on any atom is -0.489 e. The van der Waals surface area contributed by atoms with Crippen molar-refractivity contribution in [3.63, 3.8) is 0 Å². The molecule has 37 heavy (non-hydrogen) atoms. The summed E-state index contributed by atoms with van der Waals surface area (Å²) in [4.78, 5) is 13.9. The van der Waals surface area contributed by atoms with E-state index in [9.17, 15) is 4.79 Å². The van der Waals surface area contributed by atoms with Crippen LogP contribution >= 0.6 is 0 Å². The van der Waals surface area contributed by atoms with Crippen LogP contribution in [0.1, 0.15) is 34.6 Å². The van der Waals surface area contributed by atoms with Gasteiger partial charge in [-0.2, -0.15) is 0 Å². The molecule has 0 unspecified atom stereocenters. The summed E-state index contributed by atoms with van der Waals surface area (Å²) in [5, 5.41) is 0. The average Bonchev–Trinajstić information content (AvgIpc) is 3.10. The van der Waals surface area contributed by atoms with Crippen molar-refractivity contribution < 1.29 is 14.3 Å². The van der Waals surface area contributed by atoms with Gasteiger partial charge in [-0.3, -0.25) is 4.79 Å². The lowest BCUT2D eigenvalue weighted by molar-refractivity contribution is -0.137. The third-order valence-electron chi connectivity index (χ3n) is 7.71. The Balaban J connectivity index is 1.40. The van der Waals surface area contributed by atoms with Crippen LogP contribution in [0.25, 0.3) is 5.57 Å². The van der Waals surface area contributed by atoms with E-state index in [-0.39, 0.29) is 11.8 Å². The van der Waals surface area contributed by atoms with Gasteiger partial charge in [-0.1, -0.05) is 109 Å². The molecule has 0 N–H and O–H groups in total. The van der Waals surface area contributed by atoms with Gasteiger partial charge < -0.3 is 9.47 Å². The first-order chi connectivity index (χ1) is 18.2. The van der Waals surface area contributed by atoms with Crippen LogP contribution in [-0.4, -0.2) is 19.0 Å². The zero-order valence-electron chi connectivity index (χ0n) is 20.8. The molecule has 3 nitrogen and oxygen atoms in total. The van der Waals surface area contributed by atoms with Gasteiger partial charge in [-0.15, -0.1) is 0 Å². The van der Waals surface area contributed by atoms with Crippen molar-refractivity contribution in [3.05, 3.63) is 144 Å². The van der Waals surface area contributed by atoms with Gasteiger partial charge in [-0.05, 0) is 46.4 Å². The Hall–Kier alpha value is -3.95. The van der Waals surface area contributed by atoms with E-state index in [2.05, 4.69) is 54.6 Å². The van der Waals surface area contributed by atoms with Crippen LogP contribution in [0.4, 0.5) is 0 Å². The first kappa shape index (κ1) is 23.4. The molecular weight excluding hydrogens is 456 g/mol. The Labute approximate surface area is 218 Å². The first-order valence-electron chi connectivity index (χ1n) is 13.0. The number of Topliss-reactive ketones (excluding diaryl/α,β-unsaturated/α-hetero) is 1. The number of ether oxygens (including phenoxy) is 2. The first-order valence-corrected chi connectivity index (χ1v) is 13.0. The number of hydrogen-bond acceptors (Lipinski definition) is 3. The second kappa shape index (κ2) is 10.2. The molecule has 1 heterocycles. The molecule has 1 aliphatic carbocycles. The molecule has 0 radical (unpaired) electrons. The van der Waals surface area contributed by atoms with Crippen LogP contribution in [0.3, 0.4) is 0 Å². The van der Waals surface area contributed by atoms with Crippen molar-refractivity contribution in [2.24, 2.45) is 11.3 Å². The molecule has 4 aromatic carbocycles. The van der Waals surface area contributed by atoms with E-state index >= 15 is 0 Å². The summed E-state index contributed by atoms with van der Waals surface area (Å²) >= 11 is 0. The number of rotatable bonds is 7. The van der Waals surface area contributed by atoms with Crippen LogP contribution in [-0.2, 0) is 16.1 Å². The molecule has 1 aliphatic heterocycles. The van der Waals surface area contributed by atoms with Crippen molar-refractivity contribution in [3.8, 4) is 5.75 Å². The Bertz CT molecular complexity index is 1350. The quantitative estimate of drug-likeness (QED) is 0.280. The molecular formula is C34H30O3. The van der Waals surface area contributed by atoms with E-state index in [0.29, 0.717) is 25.6 Å². The minimum atomic E-state index is -0.720. The molecule has 1 saturated heterocycles. The number of carbonyl (C=O) groups excluding carboxylic acids is 1. The fourth-order valence-electron chi connectivity index (χ4n) is 5.87. The van der Waals surface area contributed by atoms with E-state index in [1.807, 2.05) is 66.7 Å². The Morgan fingerprint density at radius 1 is 0.838 bits per heavy atom. The van der Waals surface area contributed by atoms with Gasteiger partial charge >= 0.3 is 0 Å². The van der Waals surface area contributed by atoms with E-state index in [4.69, 9.17) is 9.47 Å². The molecule has 184 valence electrons. The maximum absolute atomic E-state index is 13.9. The number of carbonyl (C=O) groups is 1. The highest BCUT2D eigenvalue weighted by atomic mass is 16.5. The second-order valence-corrected chi connectivity index (χ2v) is 10.0. The summed E-state index contributed by atoms with van der Waals surface area (Å²) < 4.78 is 12.2. The molecule has 2 bridgehead atoms. The fraction of sp³-hybridized carbons (Fsp3) is 0.206. The van der Waals surface area contributed by atoms with E-state index in [1.54, 1.807) is 0 Å². The molecule has 6 rings (SSSR count). The molecule has 3 atom stereocenters. The lowest BCUT2D eigenvalue weighted by Gasteiger charge is -2.34. The van der Waals surface area contributed by atoms with Crippen LogP contribution in [0.15, 0.2) is 121 Å². The van der Waals surface area contributed by atoms with E-state index in [0.717, 1.165) is 40.0 Å². The summed E-state index contributed by atoms with van der Waals surface area (Å²) in [6, 6.07) is 39.1. The zero-order chi connectivity index (χ0) is 25.1. The summed E-state index contributed by atoms with van der Waals surface area (Å²) in [6.45, 7) is 1.41. The van der Waals surface area contributed by atoms with Gasteiger partial charge in [0.1, 0.15) is 12.4 Å². The molecule has 0 amide bonds. The highest BCUT2D eigenvalue weighted by Gasteiger charge is 2.56. The van der Waals surface area contributed by atoms with Crippen molar-refractivity contribution in [1.82, 2.24) is 0 Å². The number of hydrogen-bond donors (Lipinski definition) is 0. The van der Waals surface area contributed by atoms with Gasteiger partial charge in [-0.25, -0.2) is 0 Å². The summed E-state index contributed by atoms with van der Waals surface area (Å²) in [7, 11) is 0. The number of ketones is 1. The Morgan fingerprint density at radius 2 is 1.49 bits per heavy atom. The van der Waals surface area contributed by atoms with Crippen LogP contribution in [0.5, 0.6) is 5.75 Å². The molecule has 3 heteroatoms. The number of fused-ring (bicyclic) bond motifs is 2. The topological polar surface area (TPSA) is 35.5 Å². The maximum atomic E-state index is 13.9. The Kier molecular flexibility index (Phi) is 6.46. The Morgan fingerprint density at radius 3 is 2.16 bits per heavy atom. The average molecular weight is 487 g/mol.